The molecule has 9 heteroatoms. The largest absolute Gasteiger partial charge is 0.472 e. The van der Waals surface area contributed by atoms with Crippen molar-refractivity contribution in [2.45, 2.75) is 193 Å². The van der Waals surface area contributed by atoms with Gasteiger partial charge in [-0.25, -0.2) is 4.57 Å². The molecule has 53 heavy (non-hydrogen) atoms. The van der Waals surface area contributed by atoms with Crippen LogP contribution in [0.15, 0.2) is 60.8 Å². The number of unbranched alkanes of at least 4 members (excludes halogenated alkanes) is 17. The first-order chi connectivity index (χ1) is 25.9. The molecular formula is C44H81N2O6P. The van der Waals surface area contributed by atoms with E-state index in [-0.39, 0.29) is 32.1 Å². The summed E-state index contributed by atoms with van der Waals surface area (Å²) in [6.07, 6.45) is 49.5. The van der Waals surface area contributed by atoms with E-state index in [2.05, 4.69) is 79.9 Å². The number of rotatable bonds is 39. The van der Waals surface area contributed by atoms with Gasteiger partial charge in [-0.15, -0.1) is 0 Å². The molecule has 0 saturated carbocycles. The van der Waals surface area contributed by atoms with Crippen LogP contribution in [0.25, 0.3) is 0 Å². The van der Waals surface area contributed by atoms with Crippen molar-refractivity contribution in [3.05, 3.63) is 60.8 Å². The van der Waals surface area contributed by atoms with Crippen LogP contribution in [0, 0.1) is 0 Å². The predicted molar refractivity (Wildman–Crippen MR) is 226 cm³/mol. The lowest BCUT2D eigenvalue weighted by Gasteiger charge is -2.25. The number of allylic oxidation sites excluding steroid dienone is 10. The Morgan fingerprint density at radius 2 is 1.08 bits per heavy atom. The molecule has 0 radical (unpaired) electrons. The van der Waals surface area contributed by atoms with Crippen molar-refractivity contribution >= 4 is 13.7 Å². The second kappa shape index (κ2) is 39.9. The molecule has 0 aromatic rings. The van der Waals surface area contributed by atoms with Crippen molar-refractivity contribution in [2.75, 3.05) is 19.8 Å². The van der Waals surface area contributed by atoms with Crippen molar-refractivity contribution in [2.24, 2.45) is 5.73 Å². The number of nitrogens with one attached hydrogen (secondary N) is 1. The van der Waals surface area contributed by atoms with Gasteiger partial charge in [-0.1, -0.05) is 184 Å². The molecule has 3 atom stereocenters. The fourth-order valence-electron chi connectivity index (χ4n) is 5.94. The molecule has 0 heterocycles. The number of hydrogen-bond donors (Lipinski definition) is 4. The second-order valence-corrected chi connectivity index (χ2v) is 15.6. The maximum absolute atomic E-state index is 12.7. The van der Waals surface area contributed by atoms with E-state index in [4.69, 9.17) is 14.8 Å². The maximum atomic E-state index is 12.7. The quantitative estimate of drug-likeness (QED) is 0.0278. The van der Waals surface area contributed by atoms with Crippen molar-refractivity contribution in [3.8, 4) is 0 Å². The average Bonchev–Trinajstić information content (AvgIpc) is 3.14. The first-order valence-electron chi connectivity index (χ1n) is 21.4. The SMILES string of the molecule is CC/C=C\C/C=C\C/C=C\C/C=C\C/C=C\CCCC(=O)NC(COP(=O)(O)OCCN)C(O)CCCCCCCCCCCCCCCCCCC. The fourth-order valence-corrected chi connectivity index (χ4v) is 6.70. The van der Waals surface area contributed by atoms with Gasteiger partial charge in [-0.05, 0) is 51.4 Å². The van der Waals surface area contributed by atoms with E-state index in [0.717, 1.165) is 57.8 Å². The minimum atomic E-state index is -4.33. The van der Waals surface area contributed by atoms with Crippen molar-refractivity contribution < 1.29 is 28.4 Å². The highest BCUT2D eigenvalue weighted by molar-refractivity contribution is 7.47. The Bertz CT molecular complexity index is 1010. The van der Waals surface area contributed by atoms with Crippen molar-refractivity contribution in [1.82, 2.24) is 5.32 Å². The molecular weight excluding hydrogens is 683 g/mol. The molecule has 0 aliphatic heterocycles. The van der Waals surface area contributed by atoms with Crippen LogP contribution in [0.1, 0.15) is 181 Å². The van der Waals surface area contributed by atoms with E-state index >= 15 is 0 Å². The molecule has 0 saturated heterocycles. The Balaban J connectivity index is 4.28. The molecule has 8 nitrogen and oxygen atoms in total. The number of aliphatic hydroxyl groups is 1. The van der Waals surface area contributed by atoms with Crippen LogP contribution >= 0.6 is 7.82 Å². The summed E-state index contributed by atoms with van der Waals surface area (Å²) in [5.74, 6) is -0.219. The summed E-state index contributed by atoms with van der Waals surface area (Å²) < 4.78 is 22.1. The number of hydrogen-bond acceptors (Lipinski definition) is 6. The predicted octanol–water partition coefficient (Wildman–Crippen LogP) is 11.9. The van der Waals surface area contributed by atoms with Crippen LogP contribution in [0.5, 0.6) is 0 Å². The number of aliphatic hydroxyl groups excluding tert-OH is 1. The molecule has 0 rings (SSSR count). The maximum Gasteiger partial charge on any atom is 0.472 e. The van der Waals surface area contributed by atoms with Gasteiger partial charge >= 0.3 is 7.82 Å². The summed E-state index contributed by atoms with van der Waals surface area (Å²) in [5.41, 5.74) is 5.37. The van der Waals surface area contributed by atoms with Crippen LogP contribution in [-0.4, -0.2) is 47.8 Å². The number of amides is 1. The number of nitrogens with two attached hydrogens (primary N) is 1. The van der Waals surface area contributed by atoms with Gasteiger partial charge < -0.3 is 21.1 Å². The van der Waals surface area contributed by atoms with Crippen LogP contribution in [-0.2, 0) is 18.4 Å². The van der Waals surface area contributed by atoms with Crippen LogP contribution in [0.4, 0.5) is 0 Å². The molecule has 0 aromatic carbocycles. The summed E-state index contributed by atoms with van der Waals surface area (Å²) in [6.45, 7) is 4.04. The van der Waals surface area contributed by atoms with Crippen molar-refractivity contribution in [1.29, 1.82) is 0 Å². The van der Waals surface area contributed by atoms with Crippen LogP contribution in [0.3, 0.4) is 0 Å². The highest BCUT2D eigenvalue weighted by Crippen LogP contribution is 2.43. The molecule has 5 N–H and O–H groups in total. The highest BCUT2D eigenvalue weighted by Gasteiger charge is 2.27. The van der Waals surface area contributed by atoms with Gasteiger partial charge in [0.25, 0.3) is 0 Å². The number of phosphoric acid groups is 1. The third kappa shape index (κ3) is 38.3. The first kappa shape index (κ1) is 51.2. The van der Waals surface area contributed by atoms with Crippen LogP contribution < -0.4 is 11.1 Å². The van der Waals surface area contributed by atoms with Gasteiger partial charge in [-0.2, -0.15) is 0 Å². The van der Waals surface area contributed by atoms with Gasteiger partial charge in [0.1, 0.15) is 0 Å². The third-order valence-corrected chi connectivity index (χ3v) is 10.1. The number of carbonyl (C=O) groups is 1. The molecule has 308 valence electrons. The minimum absolute atomic E-state index is 0.0773. The number of carbonyl (C=O) groups excluding carboxylic acids is 1. The smallest absolute Gasteiger partial charge is 0.391 e. The van der Waals surface area contributed by atoms with E-state index in [1.807, 2.05) is 0 Å². The Morgan fingerprint density at radius 1 is 0.642 bits per heavy atom. The van der Waals surface area contributed by atoms with Gasteiger partial charge in [0.05, 0.1) is 25.4 Å². The third-order valence-electron chi connectivity index (χ3n) is 9.14. The normalized spacial score (nSPS) is 14.7. The van der Waals surface area contributed by atoms with E-state index < -0.39 is 20.0 Å². The van der Waals surface area contributed by atoms with Crippen LogP contribution in [0.2, 0.25) is 0 Å². The molecule has 0 aromatic heterocycles. The Morgan fingerprint density at radius 3 is 1.53 bits per heavy atom. The average molecular weight is 765 g/mol. The standard InChI is InChI=1S/C44H81N2O6P/c1-3-5-7-9-11-13-15-17-19-21-23-25-27-29-31-33-35-37-43(47)42(41-52-53(49,50)51-40-39-45)46-44(48)38-36-34-32-30-28-26-24-22-20-18-16-14-12-10-8-6-4-2/h6,8,12,14,18,20,24,26,30,32,42-43,47H,3-5,7,9-11,13,15-17,19,21-23,25,27-29,31,33-41,45H2,1-2H3,(H,46,48)(H,49,50)/b8-6-,14-12-,20-18-,26-24-,32-30-. The van der Waals surface area contributed by atoms with E-state index in [1.165, 1.54) is 89.9 Å². The van der Waals surface area contributed by atoms with E-state index in [0.29, 0.717) is 12.8 Å². The zero-order valence-electron chi connectivity index (χ0n) is 34.0. The first-order valence-corrected chi connectivity index (χ1v) is 22.9. The molecule has 1 amide bonds. The summed E-state index contributed by atoms with van der Waals surface area (Å²) in [7, 11) is -4.33. The summed E-state index contributed by atoms with van der Waals surface area (Å²) in [6, 6.07) is -0.806. The fraction of sp³-hybridized carbons (Fsp3) is 0.750. The highest BCUT2D eigenvalue weighted by atomic mass is 31.2. The molecule has 0 aliphatic carbocycles. The molecule has 0 aliphatic rings. The topological polar surface area (TPSA) is 131 Å². The summed E-state index contributed by atoms with van der Waals surface area (Å²) >= 11 is 0. The van der Waals surface area contributed by atoms with Gasteiger partial charge in [0, 0.05) is 13.0 Å². The zero-order chi connectivity index (χ0) is 38.9. The Labute approximate surface area is 325 Å². The Kier molecular flexibility index (Phi) is 38.5. The zero-order valence-corrected chi connectivity index (χ0v) is 34.9. The summed E-state index contributed by atoms with van der Waals surface area (Å²) in [4.78, 5) is 22.7. The van der Waals surface area contributed by atoms with Gasteiger partial charge in [-0.3, -0.25) is 13.8 Å². The molecule has 0 spiro atoms. The second-order valence-electron chi connectivity index (χ2n) is 14.2. The Hall–Kier alpha value is -1.80. The number of phosphoric ester groups is 1. The van der Waals surface area contributed by atoms with Crippen molar-refractivity contribution in [3.63, 3.8) is 0 Å². The van der Waals surface area contributed by atoms with E-state index in [9.17, 15) is 19.4 Å². The summed E-state index contributed by atoms with van der Waals surface area (Å²) in [5, 5.41) is 13.8. The minimum Gasteiger partial charge on any atom is -0.391 e. The molecule has 0 bridgehead atoms. The monoisotopic (exact) mass is 765 g/mol. The van der Waals surface area contributed by atoms with Gasteiger partial charge in [0.2, 0.25) is 5.91 Å². The molecule has 3 unspecified atom stereocenters. The molecule has 0 fully saturated rings. The van der Waals surface area contributed by atoms with Gasteiger partial charge in [0.15, 0.2) is 0 Å². The lowest BCUT2D eigenvalue weighted by Crippen LogP contribution is -2.46. The van der Waals surface area contributed by atoms with E-state index in [1.54, 1.807) is 0 Å². The lowest BCUT2D eigenvalue weighted by atomic mass is 10.0. The lowest BCUT2D eigenvalue weighted by molar-refractivity contribution is -0.123.